The number of aryl methyl sites for hydroxylation is 1. The van der Waals surface area contributed by atoms with Crippen molar-refractivity contribution >= 4 is 0 Å². The second kappa shape index (κ2) is 5.44. The van der Waals surface area contributed by atoms with Crippen LogP contribution in [-0.4, -0.2) is 11.7 Å². The Hall–Kier alpha value is -1.18. The minimum atomic E-state index is 0.341. The first-order chi connectivity index (χ1) is 8.22. The summed E-state index contributed by atoms with van der Waals surface area (Å²) in [7, 11) is 0. The highest BCUT2D eigenvalue weighted by atomic mass is 16.5. The molecule has 0 saturated heterocycles. The number of benzene rings is 1. The van der Waals surface area contributed by atoms with Crippen LogP contribution in [0.4, 0.5) is 0 Å². The molecule has 1 aromatic carbocycles. The number of ether oxygens (including phenoxy) is 1. The summed E-state index contributed by atoms with van der Waals surface area (Å²) in [5.41, 5.74) is 2.25. The molecule has 17 heavy (non-hydrogen) atoms. The molecule has 0 aliphatic heterocycles. The summed E-state index contributed by atoms with van der Waals surface area (Å²) in [5, 5.41) is 9.77. The van der Waals surface area contributed by atoms with E-state index in [2.05, 4.69) is 6.07 Å². The largest absolute Gasteiger partial charge is 0.508 e. The van der Waals surface area contributed by atoms with Crippen LogP contribution in [0, 0.1) is 6.92 Å². The van der Waals surface area contributed by atoms with Gasteiger partial charge < -0.3 is 9.84 Å². The van der Waals surface area contributed by atoms with Gasteiger partial charge in [0.1, 0.15) is 11.5 Å². The van der Waals surface area contributed by atoms with E-state index in [0.717, 1.165) is 11.3 Å². The lowest BCUT2D eigenvalue weighted by atomic mass is 9.83. The highest BCUT2D eigenvalue weighted by Crippen LogP contribution is 2.40. The van der Waals surface area contributed by atoms with Crippen molar-refractivity contribution in [3.05, 3.63) is 23.3 Å². The predicted octanol–water partition coefficient (Wildman–Crippen LogP) is 4.15. The van der Waals surface area contributed by atoms with Crippen molar-refractivity contribution in [1.82, 2.24) is 0 Å². The van der Waals surface area contributed by atoms with Crippen LogP contribution in [-0.2, 0) is 0 Å². The first-order valence-corrected chi connectivity index (χ1v) is 6.68. The van der Waals surface area contributed by atoms with Gasteiger partial charge >= 0.3 is 0 Å². The van der Waals surface area contributed by atoms with E-state index >= 15 is 0 Å². The van der Waals surface area contributed by atoms with Gasteiger partial charge in [-0.25, -0.2) is 0 Å². The van der Waals surface area contributed by atoms with Gasteiger partial charge in [0, 0.05) is 6.07 Å². The SMILES string of the molecule is CCOc1cc(O)c(C)cc1C1CCCCC1. The molecule has 0 radical (unpaired) electrons. The standard InChI is InChI=1S/C15H22O2/c1-3-17-15-10-14(16)11(2)9-13(15)12-7-5-4-6-8-12/h9-10,12,16H,3-8H2,1-2H3. The fourth-order valence-electron chi connectivity index (χ4n) is 2.71. The molecule has 0 amide bonds. The molecule has 0 aromatic heterocycles. The molecule has 1 aliphatic rings. The van der Waals surface area contributed by atoms with Gasteiger partial charge in [-0.2, -0.15) is 0 Å². The molecule has 1 fully saturated rings. The zero-order valence-electron chi connectivity index (χ0n) is 10.8. The van der Waals surface area contributed by atoms with Crippen LogP contribution in [0.15, 0.2) is 12.1 Å². The molecule has 0 bridgehead atoms. The number of hydrogen-bond donors (Lipinski definition) is 1. The number of hydrogen-bond acceptors (Lipinski definition) is 2. The van der Waals surface area contributed by atoms with Gasteiger partial charge in [0.05, 0.1) is 6.61 Å². The van der Waals surface area contributed by atoms with Gasteiger partial charge in [0.15, 0.2) is 0 Å². The number of phenolic OH excluding ortho intramolecular Hbond substituents is 1. The lowest BCUT2D eigenvalue weighted by Gasteiger charge is -2.24. The zero-order valence-corrected chi connectivity index (χ0v) is 10.8. The van der Waals surface area contributed by atoms with Crippen LogP contribution in [0.2, 0.25) is 0 Å². The normalized spacial score (nSPS) is 17.1. The van der Waals surface area contributed by atoms with Crippen LogP contribution < -0.4 is 4.74 Å². The second-order valence-corrected chi connectivity index (χ2v) is 4.94. The highest BCUT2D eigenvalue weighted by molar-refractivity contribution is 5.47. The third kappa shape index (κ3) is 2.74. The number of aromatic hydroxyl groups is 1. The fraction of sp³-hybridized carbons (Fsp3) is 0.600. The molecule has 2 rings (SSSR count). The number of phenols is 1. The van der Waals surface area contributed by atoms with Crippen molar-refractivity contribution < 1.29 is 9.84 Å². The van der Waals surface area contributed by atoms with E-state index in [1.165, 1.54) is 37.7 Å². The molecule has 2 heteroatoms. The van der Waals surface area contributed by atoms with Crippen LogP contribution in [0.5, 0.6) is 11.5 Å². The molecule has 2 nitrogen and oxygen atoms in total. The maximum absolute atomic E-state index is 9.77. The molecule has 0 heterocycles. The quantitative estimate of drug-likeness (QED) is 0.851. The van der Waals surface area contributed by atoms with Crippen molar-refractivity contribution in [3.63, 3.8) is 0 Å². The lowest BCUT2D eigenvalue weighted by molar-refractivity contribution is 0.325. The molecule has 1 N–H and O–H groups in total. The summed E-state index contributed by atoms with van der Waals surface area (Å²) in [4.78, 5) is 0. The molecule has 94 valence electrons. The summed E-state index contributed by atoms with van der Waals surface area (Å²) in [5.74, 6) is 1.83. The van der Waals surface area contributed by atoms with Crippen molar-refractivity contribution in [2.24, 2.45) is 0 Å². The van der Waals surface area contributed by atoms with E-state index in [4.69, 9.17) is 4.74 Å². The first kappa shape index (κ1) is 12.3. The van der Waals surface area contributed by atoms with E-state index in [1.54, 1.807) is 6.07 Å². The molecule has 0 unspecified atom stereocenters. The average Bonchev–Trinajstić information content (AvgIpc) is 2.35. The fourth-order valence-corrected chi connectivity index (χ4v) is 2.71. The van der Waals surface area contributed by atoms with Gasteiger partial charge in [0.2, 0.25) is 0 Å². The van der Waals surface area contributed by atoms with E-state index < -0.39 is 0 Å². The maximum Gasteiger partial charge on any atom is 0.126 e. The molecule has 0 atom stereocenters. The minimum Gasteiger partial charge on any atom is -0.508 e. The van der Waals surface area contributed by atoms with Gasteiger partial charge in [0.25, 0.3) is 0 Å². The van der Waals surface area contributed by atoms with Crippen LogP contribution in [0.25, 0.3) is 0 Å². The van der Waals surface area contributed by atoms with Gasteiger partial charge in [-0.1, -0.05) is 19.3 Å². The van der Waals surface area contributed by atoms with Crippen molar-refractivity contribution in [3.8, 4) is 11.5 Å². The monoisotopic (exact) mass is 234 g/mol. The Bertz CT molecular complexity index is 379. The van der Waals surface area contributed by atoms with Crippen molar-refractivity contribution in [2.75, 3.05) is 6.61 Å². The van der Waals surface area contributed by atoms with Crippen molar-refractivity contribution in [2.45, 2.75) is 51.9 Å². The Morgan fingerprint density at radius 3 is 2.59 bits per heavy atom. The Labute approximate surface area is 104 Å². The van der Waals surface area contributed by atoms with Crippen LogP contribution in [0.1, 0.15) is 56.1 Å². The molecular weight excluding hydrogens is 212 g/mol. The summed E-state index contributed by atoms with van der Waals surface area (Å²) in [6.07, 6.45) is 6.50. The van der Waals surface area contributed by atoms with Gasteiger partial charge in [-0.3, -0.25) is 0 Å². The summed E-state index contributed by atoms with van der Waals surface area (Å²) >= 11 is 0. The Balaban J connectivity index is 2.32. The average molecular weight is 234 g/mol. The number of rotatable bonds is 3. The topological polar surface area (TPSA) is 29.5 Å². The van der Waals surface area contributed by atoms with E-state index in [9.17, 15) is 5.11 Å². The highest BCUT2D eigenvalue weighted by Gasteiger charge is 2.20. The minimum absolute atomic E-state index is 0.341. The third-order valence-electron chi connectivity index (χ3n) is 3.67. The lowest BCUT2D eigenvalue weighted by Crippen LogP contribution is -2.07. The molecule has 1 saturated carbocycles. The zero-order chi connectivity index (χ0) is 12.3. The van der Waals surface area contributed by atoms with E-state index in [1.807, 2.05) is 13.8 Å². The van der Waals surface area contributed by atoms with Gasteiger partial charge in [-0.15, -0.1) is 0 Å². The molecular formula is C15H22O2. The second-order valence-electron chi connectivity index (χ2n) is 4.94. The van der Waals surface area contributed by atoms with E-state index in [0.29, 0.717) is 18.3 Å². The van der Waals surface area contributed by atoms with Crippen LogP contribution in [0.3, 0.4) is 0 Å². The summed E-state index contributed by atoms with van der Waals surface area (Å²) < 4.78 is 5.67. The van der Waals surface area contributed by atoms with E-state index in [-0.39, 0.29) is 0 Å². The third-order valence-corrected chi connectivity index (χ3v) is 3.67. The molecule has 1 aromatic rings. The predicted molar refractivity (Wildman–Crippen MR) is 69.8 cm³/mol. The van der Waals surface area contributed by atoms with Gasteiger partial charge in [-0.05, 0) is 49.8 Å². The molecule has 1 aliphatic carbocycles. The smallest absolute Gasteiger partial charge is 0.126 e. The summed E-state index contributed by atoms with van der Waals surface area (Å²) in [6, 6.07) is 3.89. The molecule has 0 spiro atoms. The Morgan fingerprint density at radius 1 is 1.24 bits per heavy atom. The summed E-state index contributed by atoms with van der Waals surface area (Å²) in [6.45, 7) is 4.60. The van der Waals surface area contributed by atoms with Crippen LogP contribution >= 0.6 is 0 Å². The Kier molecular flexibility index (Phi) is 3.93. The maximum atomic E-state index is 9.77. The van der Waals surface area contributed by atoms with Crippen molar-refractivity contribution in [1.29, 1.82) is 0 Å². The first-order valence-electron chi connectivity index (χ1n) is 6.68. The Morgan fingerprint density at radius 2 is 1.94 bits per heavy atom.